The average molecular weight is 406 g/mol. The molecule has 0 aliphatic rings. The van der Waals surface area contributed by atoms with Crippen molar-refractivity contribution in [1.82, 2.24) is 14.0 Å². The Balaban J connectivity index is 2.09. The standard InChI is InChI=1S/C23H23N3O2S/c1-6-10-25-15(5)17(18-11-13(3)8-9-19(18)25)12-20-22(28)26-21(27)16(7-2)14(4)24-23(26)29-20/h6,8-9,11-12H,1,7,10H2,2-5H3/b20-12-. The zero-order valence-corrected chi connectivity index (χ0v) is 17.9. The topological polar surface area (TPSA) is 56.4 Å². The lowest BCUT2D eigenvalue weighted by atomic mass is 10.1. The quantitative estimate of drug-likeness (QED) is 0.490. The third-order valence-corrected chi connectivity index (χ3v) is 6.40. The van der Waals surface area contributed by atoms with Gasteiger partial charge in [0.25, 0.3) is 11.1 Å². The molecule has 29 heavy (non-hydrogen) atoms. The Labute approximate surface area is 172 Å². The summed E-state index contributed by atoms with van der Waals surface area (Å²) in [6.07, 6.45) is 4.33. The molecular weight excluding hydrogens is 382 g/mol. The van der Waals surface area contributed by atoms with Crippen molar-refractivity contribution in [3.8, 4) is 0 Å². The Hall–Kier alpha value is -2.99. The largest absolute Gasteiger partial charge is 0.340 e. The molecule has 3 aromatic heterocycles. The van der Waals surface area contributed by atoms with Gasteiger partial charge in [0.05, 0.1) is 4.53 Å². The maximum atomic E-state index is 13.1. The second-order valence-corrected chi connectivity index (χ2v) is 8.30. The number of allylic oxidation sites excluding steroid dienone is 1. The summed E-state index contributed by atoms with van der Waals surface area (Å²) < 4.78 is 3.92. The van der Waals surface area contributed by atoms with Crippen LogP contribution in [0.5, 0.6) is 0 Å². The molecule has 3 heterocycles. The first-order valence-electron chi connectivity index (χ1n) is 9.64. The van der Waals surface area contributed by atoms with E-state index in [9.17, 15) is 9.59 Å². The summed E-state index contributed by atoms with van der Waals surface area (Å²) in [6, 6.07) is 6.32. The van der Waals surface area contributed by atoms with Crippen LogP contribution in [0, 0.1) is 20.8 Å². The highest BCUT2D eigenvalue weighted by Crippen LogP contribution is 2.27. The Morgan fingerprint density at radius 1 is 1.17 bits per heavy atom. The molecule has 0 aliphatic carbocycles. The van der Waals surface area contributed by atoms with E-state index in [2.05, 4.69) is 41.3 Å². The first kappa shape index (κ1) is 19.3. The second kappa shape index (κ2) is 7.12. The minimum absolute atomic E-state index is 0.252. The van der Waals surface area contributed by atoms with E-state index in [0.717, 1.165) is 27.7 Å². The zero-order chi connectivity index (χ0) is 20.9. The maximum absolute atomic E-state index is 13.1. The predicted octanol–water partition coefficient (Wildman–Crippen LogP) is 3.29. The monoisotopic (exact) mass is 405 g/mol. The van der Waals surface area contributed by atoms with Gasteiger partial charge in [-0.25, -0.2) is 9.38 Å². The SMILES string of the molecule is C=CCn1c(C)c(/C=c2\sc3nc(C)c(CC)c(=O)n3c2=O)c2cc(C)ccc21. The van der Waals surface area contributed by atoms with Gasteiger partial charge in [-0.1, -0.05) is 36.0 Å². The van der Waals surface area contributed by atoms with Gasteiger partial charge in [-0.3, -0.25) is 9.59 Å². The van der Waals surface area contributed by atoms with Crippen molar-refractivity contribution in [2.45, 2.75) is 40.7 Å². The Kier molecular flexibility index (Phi) is 4.74. The molecule has 0 N–H and O–H groups in total. The zero-order valence-electron chi connectivity index (χ0n) is 17.1. The summed E-state index contributed by atoms with van der Waals surface area (Å²) in [7, 11) is 0. The van der Waals surface area contributed by atoms with E-state index in [1.54, 1.807) is 0 Å². The predicted molar refractivity (Wildman–Crippen MR) is 120 cm³/mol. The van der Waals surface area contributed by atoms with Crippen molar-refractivity contribution in [3.05, 3.63) is 84.2 Å². The number of nitrogens with zero attached hydrogens (tertiary/aromatic N) is 3. The summed E-state index contributed by atoms with van der Waals surface area (Å²) in [5, 5.41) is 1.09. The first-order chi connectivity index (χ1) is 13.9. The van der Waals surface area contributed by atoms with Gasteiger partial charge in [0, 0.05) is 40.0 Å². The van der Waals surface area contributed by atoms with Crippen LogP contribution in [-0.2, 0) is 13.0 Å². The van der Waals surface area contributed by atoms with Crippen LogP contribution in [0.3, 0.4) is 0 Å². The number of hydrogen-bond acceptors (Lipinski definition) is 4. The Morgan fingerprint density at radius 2 is 1.93 bits per heavy atom. The van der Waals surface area contributed by atoms with E-state index in [0.29, 0.717) is 33.7 Å². The fourth-order valence-corrected chi connectivity index (χ4v) is 4.93. The molecule has 0 saturated heterocycles. The highest BCUT2D eigenvalue weighted by Gasteiger charge is 2.16. The normalized spacial score (nSPS) is 12.3. The minimum atomic E-state index is -0.297. The van der Waals surface area contributed by atoms with Crippen molar-refractivity contribution in [2.75, 3.05) is 0 Å². The molecule has 0 unspecified atom stereocenters. The molecule has 1 aromatic carbocycles. The van der Waals surface area contributed by atoms with Crippen LogP contribution in [-0.4, -0.2) is 14.0 Å². The Bertz CT molecular complexity index is 1450. The molecule has 4 rings (SSSR count). The van der Waals surface area contributed by atoms with Gasteiger partial charge in [0.1, 0.15) is 0 Å². The summed E-state index contributed by atoms with van der Waals surface area (Å²) in [5.74, 6) is 0. The smallest absolute Gasteiger partial charge is 0.277 e. The van der Waals surface area contributed by atoms with Crippen LogP contribution in [0.25, 0.3) is 21.9 Å². The number of fused-ring (bicyclic) bond motifs is 2. The molecule has 5 nitrogen and oxygen atoms in total. The summed E-state index contributed by atoms with van der Waals surface area (Å²) in [5.41, 5.74) is 5.06. The van der Waals surface area contributed by atoms with Gasteiger partial charge >= 0.3 is 0 Å². The highest BCUT2D eigenvalue weighted by molar-refractivity contribution is 7.15. The molecule has 0 atom stereocenters. The molecular formula is C23H23N3O2S. The van der Waals surface area contributed by atoms with Crippen molar-refractivity contribution in [1.29, 1.82) is 0 Å². The lowest BCUT2D eigenvalue weighted by Crippen LogP contribution is -2.33. The van der Waals surface area contributed by atoms with E-state index < -0.39 is 0 Å². The van der Waals surface area contributed by atoms with Crippen molar-refractivity contribution in [3.63, 3.8) is 0 Å². The summed E-state index contributed by atoms with van der Waals surface area (Å²) in [4.78, 5) is 30.8. The maximum Gasteiger partial charge on any atom is 0.277 e. The third kappa shape index (κ3) is 2.95. The van der Waals surface area contributed by atoms with E-state index in [-0.39, 0.29) is 11.1 Å². The van der Waals surface area contributed by atoms with Crippen LogP contribution < -0.4 is 15.7 Å². The van der Waals surface area contributed by atoms with Gasteiger partial charge in [0.15, 0.2) is 0 Å². The van der Waals surface area contributed by atoms with E-state index in [4.69, 9.17) is 0 Å². The van der Waals surface area contributed by atoms with Gasteiger partial charge in [-0.05, 0) is 45.4 Å². The number of thiazole rings is 1. The number of aryl methyl sites for hydroxylation is 2. The van der Waals surface area contributed by atoms with Crippen molar-refractivity contribution in [2.24, 2.45) is 0 Å². The molecule has 0 amide bonds. The molecule has 0 aliphatic heterocycles. The van der Waals surface area contributed by atoms with Crippen LogP contribution in [0.15, 0.2) is 40.4 Å². The lowest BCUT2D eigenvalue weighted by Gasteiger charge is -2.04. The van der Waals surface area contributed by atoms with E-state index in [1.807, 2.05) is 32.9 Å². The molecule has 0 radical (unpaired) electrons. The van der Waals surface area contributed by atoms with Crippen LogP contribution in [0.1, 0.15) is 35.0 Å². The number of rotatable bonds is 4. The van der Waals surface area contributed by atoms with Gasteiger partial charge in [-0.2, -0.15) is 0 Å². The third-order valence-electron chi connectivity index (χ3n) is 5.44. The molecule has 148 valence electrons. The minimum Gasteiger partial charge on any atom is -0.340 e. The van der Waals surface area contributed by atoms with Crippen LogP contribution >= 0.6 is 11.3 Å². The Morgan fingerprint density at radius 3 is 2.62 bits per heavy atom. The van der Waals surface area contributed by atoms with Crippen LogP contribution in [0.4, 0.5) is 0 Å². The van der Waals surface area contributed by atoms with Crippen molar-refractivity contribution >= 4 is 33.3 Å². The highest BCUT2D eigenvalue weighted by atomic mass is 32.1. The lowest BCUT2D eigenvalue weighted by molar-refractivity contribution is 0.828. The van der Waals surface area contributed by atoms with Gasteiger partial charge < -0.3 is 4.57 Å². The molecule has 0 saturated carbocycles. The fourth-order valence-electron chi connectivity index (χ4n) is 3.94. The molecule has 4 aromatic rings. The van der Waals surface area contributed by atoms with E-state index >= 15 is 0 Å². The average Bonchev–Trinajstić information content (AvgIpc) is 3.11. The molecule has 0 fully saturated rings. The van der Waals surface area contributed by atoms with Gasteiger partial charge in [0.2, 0.25) is 4.96 Å². The first-order valence-corrected chi connectivity index (χ1v) is 10.5. The van der Waals surface area contributed by atoms with Gasteiger partial charge in [-0.15, -0.1) is 6.58 Å². The van der Waals surface area contributed by atoms with Crippen LogP contribution in [0.2, 0.25) is 0 Å². The number of aromatic nitrogens is 3. The number of benzene rings is 1. The van der Waals surface area contributed by atoms with E-state index in [1.165, 1.54) is 15.7 Å². The molecule has 0 spiro atoms. The summed E-state index contributed by atoms with van der Waals surface area (Å²) >= 11 is 1.26. The fraction of sp³-hybridized carbons (Fsp3) is 0.261. The van der Waals surface area contributed by atoms with Crippen molar-refractivity contribution < 1.29 is 0 Å². The summed E-state index contributed by atoms with van der Waals surface area (Å²) in [6.45, 7) is 12.4. The molecule has 6 heteroatoms. The second-order valence-electron chi connectivity index (χ2n) is 7.29. The number of hydrogen-bond donors (Lipinski definition) is 0. The molecule has 0 bridgehead atoms.